The zero-order valence-electron chi connectivity index (χ0n) is 9.41. The lowest BCUT2D eigenvalue weighted by Gasteiger charge is -2.19. The molecule has 0 aliphatic carbocycles. The van der Waals surface area contributed by atoms with E-state index in [0.717, 1.165) is 17.0 Å². The maximum Gasteiger partial charge on any atom is 0.333 e. The lowest BCUT2D eigenvalue weighted by atomic mass is 10.2. The van der Waals surface area contributed by atoms with E-state index < -0.39 is 29.2 Å². The molecule has 1 amide bonds. The van der Waals surface area contributed by atoms with Gasteiger partial charge >= 0.3 is 5.97 Å². The molecule has 0 saturated carbocycles. The second-order valence-corrected chi connectivity index (χ2v) is 3.85. The van der Waals surface area contributed by atoms with Crippen LogP contribution in [0.25, 0.3) is 0 Å². The van der Waals surface area contributed by atoms with Crippen LogP contribution in [0.4, 0.5) is 14.5 Å². The molecule has 18 heavy (non-hydrogen) atoms. The number of anilines is 1. The van der Waals surface area contributed by atoms with Gasteiger partial charge in [-0.1, -0.05) is 6.07 Å². The molecule has 0 spiro atoms. The Morgan fingerprint density at radius 2 is 1.89 bits per heavy atom. The first-order valence-electron chi connectivity index (χ1n) is 5.13. The molecule has 1 aliphatic rings. The van der Waals surface area contributed by atoms with E-state index >= 15 is 0 Å². The molecule has 94 valence electrons. The number of carbonyl (C=O) groups excluding carboxylic acids is 1. The summed E-state index contributed by atoms with van der Waals surface area (Å²) >= 11 is 0. The molecule has 1 aliphatic heterocycles. The van der Waals surface area contributed by atoms with Gasteiger partial charge in [-0.3, -0.25) is 9.69 Å². The van der Waals surface area contributed by atoms with Crippen molar-refractivity contribution < 1.29 is 23.5 Å². The second kappa shape index (κ2) is 4.21. The number of carbonyl (C=O) groups is 2. The predicted molar refractivity (Wildman–Crippen MR) is 58.8 cm³/mol. The van der Waals surface area contributed by atoms with Gasteiger partial charge in [-0.05, 0) is 19.1 Å². The molecule has 0 aromatic heterocycles. The first kappa shape index (κ1) is 12.2. The molecule has 1 aromatic carbocycles. The van der Waals surface area contributed by atoms with Crippen molar-refractivity contribution in [2.75, 3.05) is 4.90 Å². The number of carboxylic acid groups (broad SMARTS) is 1. The summed E-state index contributed by atoms with van der Waals surface area (Å²) < 4.78 is 27.1. The molecule has 6 heteroatoms. The van der Waals surface area contributed by atoms with Crippen LogP contribution in [0.15, 0.2) is 29.5 Å². The minimum absolute atomic E-state index is 0.0384. The first-order valence-corrected chi connectivity index (χ1v) is 5.13. The highest BCUT2D eigenvalue weighted by Crippen LogP contribution is 2.33. The van der Waals surface area contributed by atoms with Crippen LogP contribution in [0, 0.1) is 11.6 Å². The maximum atomic E-state index is 13.6. The van der Waals surface area contributed by atoms with E-state index in [1.54, 1.807) is 0 Å². The highest BCUT2D eigenvalue weighted by Gasteiger charge is 2.34. The van der Waals surface area contributed by atoms with E-state index in [1.807, 2.05) is 0 Å². The summed E-state index contributed by atoms with van der Waals surface area (Å²) in [4.78, 5) is 23.3. The zero-order chi connectivity index (χ0) is 13.4. The summed E-state index contributed by atoms with van der Waals surface area (Å²) in [7, 11) is 0. The van der Waals surface area contributed by atoms with Crippen molar-refractivity contribution in [2.24, 2.45) is 0 Å². The summed E-state index contributed by atoms with van der Waals surface area (Å²) in [6.45, 7) is 1.35. The van der Waals surface area contributed by atoms with Gasteiger partial charge in [0.15, 0.2) is 0 Å². The van der Waals surface area contributed by atoms with Gasteiger partial charge in [0, 0.05) is 5.70 Å². The fourth-order valence-corrected chi connectivity index (χ4v) is 1.91. The number of benzene rings is 1. The number of aliphatic carboxylic acids is 1. The molecule has 0 atom stereocenters. The Morgan fingerprint density at radius 1 is 1.33 bits per heavy atom. The molecule has 0 bridgehead atoms. The minimum atomic E-state index is -1.26. The van der Waals surface area contributed by atoms with Crippen LogP contribution < -0.4 is 4.90 Å². The number of allylic oxidation sites excluding steroid dienone is 1. The van der Waals surface area contributed by atoms with Gasteiger partial charge in [0.05, 0.1) is 12.0 Å². The van der Waals surface area contributed by atoms with Gasteiger partial charge in [-0.25, -0.2) is 13.6 Å². The van der Waals surface area contributed by atoms with Crippen LogP contribution >= 0.6 is 0 Å². The van der Waals surface area contributed by atoms with Gasteiger partial charge in [0.25, 0.3) is 0 Å². The highest BCUT2D eigenvalue weighted by atomic mass is 19.1. The molecule has 2 rings (SSSR count). The number of nitrogens with zero attached hydrogens (tertiary/aromatic N) is 1. The number of halogens is 2. The molecule has 1 heterocycles. The molecule has 1 aromatic rings. The molecular weight excluding hydrogens is 244 g/mol. The maximum absolute atomic E-state index is 13.6. The molecule has 1 N–H and O–H groups in total. The number of rotatable bonds is 2. The Hall–Kier alpha value is -2.24. The van der Waals surface area contributed by atoms with Crippen molar-refractivity contribution in [3.63, 3.8) is 0 Å². The van der Waals surface area contributed by atoms with E-state index in [2.05, 4.69) is 0 Å². The topological polar surface area (TPSA) is 57.6 Å². The van der Waals surface area contributed by atoms with Crippen molar-refractivity contribution in [3.8, 4) is 0 Å². The Labute approximate surface area is 101 Å². The zero-order valence-corrected chi connectivity index (χ0v) is 9.41. The summed E-state index contributed by atoms with van der Waals surface area (Å²) in [5.74, 6) is -3.74. The van der Waals surface area contributed by atoms with Gasteiger partial charge < -0.3 is 5.11 Å². The van der Waals surface area contributed by atoms with Gasteiger partial charge in [-0.15, -0.1) is 0 Å². The minimum Gasteiger partial charge on any atom is -0.478 e. The lowest BCUT2D eigenvalue weighted by Crippen LogP contribution is -2.25. The number of hydrogen-bond donors (Lipinski definition) is 1. The van der Waals surface area contributed by atoms with Crippen LogP contribution in [-0.2, 0) is 9.59 Å². The Bertz CT molecular complexity index is 560. The van der Waals surface area contributed by atoms with Crippen LogP contribution in [0.2, 0.25) is 0 Å². The molecule has 0 saturated heterocycles. The van der Waals surface area contributed by atoms with E-state index in [0.29, 0.717) is 0 Å². The second-order valence-electron chi connectivity index (χ2n) is 3.85. The van der Waals surface area contributed by atoms with Crippen LogP contribution in [0.1, 0.15) is 13.3 Å². The monoisotopic (exact) mass is 253 g/mol. The smallest absolute Gasteiger partial charge is 0.333 e. The number of amides is 1. The third kappa shape index (κ3) is 1.75. The predicted octanol–water partition coefficient (Wildman–Crippen LogP) is 2.06. The fraction of sp³-hybridized carbons (Fsp3) is 0.167. The van der Waals surface area contributed by atoms with Crippen molar-refractivity contribution in [3.05, 3.63) is 41.1 Å². The third-order valence-corrected chi connectivity index (χ3v) is 2.77. The molecule has 0 fully saturated rings. The van der Waals surface area contributed by atoms with Crippen molar-refractivity contribution in [1.82, 2.24) is 0 Å². The van der Waals surface area contributed by atoms with E-state index in [1.165, 1.54) is 13.0 Å². The van der Waals surface area contributed by atoms with E-state index in [9.17, 15) is 18.4 Å². The summed E-state index contributed by atoms with van der Waals surface area (Å²) in [5.41, 5.74) is -0.643. The van der Waals surface area contributed by atoms with Gasteiger partial charge in [0.1, 0.15) is 17.3 Å². The van der Waals surface area contributed by atoms with E-state index in [-0.39, 0.29) is 17.7 Å². The van der Waals surface area contributed by atoms with Gasteiger partial charge in [-0.2, -0.15) is 0 Å². The van der Waals surface area contributed by atoms with Crippen molar-refractivity contribution in [2.45, 2.75) is 13.3 Å². The molecule has 4 nitrogen and oxygen atoms in total. The number of carboxylic acids is 1. The van der Waals surface area contributed by atoms with Crippen molar-refractivity contribution >= 4 is 17.6 Å². The Balaban J connectivity index is 2.58. The quantitative estimate of drug-likeness (QED) is 0.877. The number of hydrogen-bond acceptors (Lipinski definition) is 2. The van der Waals surface area contributed by atoms with Gasteiger partial charge in [0.2, 0.25) is 5.91 Å². The molecule has 0 radical (unpaired) electrons. The average Bonchev–Trinajstić information content (AvgIpc) is 2.56. The highest BCUT2D eigenvalue weighted by molar-refractivity contribution is 6.08. The lowest BCUT2D eigenvalue weighted by molar-refractivity contribution is -0.133. The summed E-state index contributed by atoms with van der Waals surface area (Å²) in [6.07, 6.45) is -0.366. The van der Waals surface area contributed by atoms with E-state index in [4.69, 9.17) is 5.11 Å². The standard InChI is InChI=1S/C12H9F2NO3/c1-6-7(12(17)18)5-10(16)15(6)11-8(13)3-2-4-9(11)14/h2-4H,5H2,1H3,(H,17,18). The molecular formula is C12H9F2NO3. The molecule has 0 unspecified atom stereocenters. The van der Waals surface area contributed by atoms with Crippen LogP contribution in [0.5, 0.6) is 0 Å². The largest absolute Gasteiger partial charge is 0.478 e. The fourth-order valence-electron chi connectivity index (χ4n) is 1.91. The summed E-state index contributed by atoms with van der Waals surface area (Å²) in [6, 6.07) is 3.20. The normalized spacial score (nSPS) is 15.5. The average molecular weight is 253 g/mol. The Kier molecular flexibility index (Phi) is 2.86. The third-order valence-electron chi connectivity index (χ3n) is 2.77. The van der Waals surface area contributed by atoms with Crippen LogP contribution in [0.3, 0.4) is 0 Å². The number of para-hydroxylation sites is 1. The van der Waals surface area contributed by atoms with Crippen molar-refractivity contribution in [1.29, 1.82) is 0 Å². The SMILES string of the molecule is CC1=C(C(=O)O)CC(=O)N1c1c(F)cccc1F. The Morgan fingerprint density at radius 3 is 2.33 bits per heavy atom. The first-order chi connectivity index (χ1) is 8.43. The van der Waals surface area contributed by atoms with Crippen LogP contribution in [-0.4, -0.2) is 17.0 Å². The summed E-state index contributed by atoms with van der Waals surface area (Å²) in [5, 5.41) is 8.88.